The van der Waals surface area contributed by atoms with E-state index in [0.29, 0.717) is 17.0 Å². The van der Waals surface area contributed by atoms with Gasteiger partial charge in [-0.25, -0.2) is 18.2 Å². The molecule has 3 rings (SSSR count). The van der Waals surface area contributed by atoms with Gasteiger partial charge in [-0.1, -0.05) is 12.1 Å². The fourth-order valence-electron chi connectivity index (χ4n) is 2.55. The predicted octanol–water partition coefficient (Wildman–Crippen LogP) is 3.83. The lowest BCUT2D eigenvalue weighted by Crippen LogP contribution is -2.36. The molecule has 3 aromatic rings. The number of benzene rings is 2. The maximum Gasteiger partial charge on any atom is 0.313 e. The van der Waals surface area contributed by atoms with Gasteiger partial charge in [0.1, 0.15) is 22.5 Å². The Hall–Kier alpha value is -3.20. The smallest absolute Gasteiger partial charge is 0.313 e. The van der Waals surface area contributed by atoms with E-state index in [1.54, 1.807) is 19.1 Å². The Balaban J connectivity index is 1.56. The van der Waals surface area contributed by atoms with Crippen molar-refractivity contribution in [2.24, 2.45) is 0 Å². The molecule has 0 aliphatic heterocycles. The summed E-state index contributed by atoms with van der Waals surface area (Å²) in [6, 6.07) is 8.63. The van der Waals surface area contributed by atoms with Crippen LogP contribution in [0.3, 0.4) is 0 Å². The third kappa shape index (κ3) is 5.20. The average Bonchev–Trinajstić information content (AvgIpc) is 3.05. The number of thiazole rings is 1. The summed E-state index contributed by atoms with van der Waals surface area (Å²) >= 11 is 1.37. The van der Waals surface area contributed by atoms with Crippen LogP contribution in [0, 0.1) is 24.4 Å². The minimum absolute atomic E-state index is 0.142. The number of hydrogen-bond donors (Lipinski definition) is 2. The first-order chi connectivity index (χ1) is 13.8. The molecule has 0 unspecified atom stereocenters. The molecule has 0 atom stereocenters. The third-order valence-corrected chi connectivity index (χ3v) is 5.25. The number of halogens is 3. The van der Waals surface area contributed by atoms with Crippen molar-refractivity contribution in [2.45, 2.75) is 13.3 Å². The first-order valence-electron chi connectivity index (χ1n) is 8.60. The maximum atomic E-state index is 13.5. The van der Waals surface area contributed by atoms with E-state index in [1.165, 1.54) is 23.5 Å². The van der Waals surface area contributed by atoms with Crippen LogP contribution in [0.2, 0.25) is 0 Å². The summed E-state index contributed by atoms with van der Waals surface area (Å²) in [7, 11) is 0. The van der Waals surface area contributed by atoms with Gasteiger partial charge >= 0.3 is 11.8 Å². The van der Waals surface area contributed by atoms with Crippen LogP contribution in [0.5, 0.6) is 0 Å². The first kappa shape index (κ1) is 20.5. The number of nitrogens with one attached hydrogen (secondary N) is 2. The Kier molecular flexibility index (Phi) is 6.28. The number of carbonyl (C=O) groups excluding carboxylic acids is 2. The monoisotopic (exact) mass is 419 g/mol. The highest BCUT2D eigenvalue weighted by Crippen LogP contribution is 2.28. The molecule has 5 nitrogen and oxygen atoms in total. The van der Waals surface area contributed by atoms with E-state index in [-0.39, 0.29) is 12.4 Å². The first-order valence-corrected chi connectivity index (χ1v) is 9.41. The summed E-state index contributed by atoms with van der Waals surface area (Å²) in [6.07, 6.45) is 0.409. The fraction of sp³-hybridized carbons (Fsp3) is 0.150. The van der Waals surface area contributed by atoms with Crippen molar-refractivity contribution < 1.29 is 22.8 Å². The molecule has 2 amide bonds. The summed E-state index contributed by atoms with van der Waals surface area (Å²) in [5, 5.41) is 5.11. The van der Waals surface area contributed by atoms with Gasteiger partial charge in [0.15, 0.2) is 0 Å². The molecule has 0 spiro atoms. The van der Waals surface area contributed by atoms with E-state index in [0.717, 1.165) is 28.8 Å². The van der Waals surface area contributed by atoms with Crippen LogP contribution in [0.1, 0.15) is 10.6 Å². The zero-order chi connectivity index (χ0) is 21.0. The van der Waals surface area contributed by atoms with E-state index < -0.39 is 29.1 Å². The SMILES string of the molecule is Cc1nc(-c2cccc(F)c2)sc1CCNC(=O)C(=O)Nc1cc(F)ccc1F. The molecule has 9 heteroatoms. The molecular formula is C20H16F3N3O2S. The molecular weight excluding hydrogens is 403 g/mol. The summed E-state index contributed by atoms with van der Waals surface area (Å²) in [6.45, 7) is 1.94. The van der Waals surface area contributed by atoms with Gasteiger partial charge in [-0.05, 0) is 31.2 Å². The topological polar surface area (TPSA) is 71.1 Å². The van der Waals surface area contributed by atoms with Gasteiger partial charge in [-0.3, -0.25) is 9.59 Å². The van der Waals surface area contributed by atoms with Crippen molar-refractivity contribution in [1.29, 1.82) is 0 Å². The number of aromatic nitrogens is 1. The second-order valence-corrected chi connectivity index (χ2v) is 7.21. The standard InChI is InChI=1S/C20H16F3N3O2S/c1-11-17(29-20(25-11)12-3-2-4-13(21)9-12)7-8-24-18(27)19(28)26-16-10-14(22)5-6-15(16)23/h2-6,9-10H,7-8H2,1H3,(H,24,27)(H,26,28). The van der Waals surface area contributed by atoms with Crippen LogP contribution in [0.15, 0.2) is 42.5 Å². The zero-order valence-corrected chi connectivity index (χ0v) is 16.1. The number of nitrogens with zero attached hydrogens (tertiary/aromatic N) is 1. The van der Waals surface area contributed by atoms with E-state index >= 15 is 0 Å². The number of aryl methyl sites for hydroxylation is 1. The van der Waals surface area contributed by atoms with Crippen LogP contribution >= 0.6 is 11.3 Å². The second-order valence-electron chi connectivity index (χ2n) is 6.12. The zero-order valence-electron chi connectivity index (χ0n) is 15.3. The minimum atomic E-state index is -1.10. The highest BCUT2D eigenvalue weighted by Gasteiger charge is 2.16. The molecule has 2 aromatic carbocycles. The highest BCUT2D eigenvalue weighted by atomic mass is 32.1. The van der Waals surface area contributed by atoms with Crippen molar-refractivity contribution in [3.63, 3.8) is 0 Å². The molecule has 150 valence electrons. The molecule has 0 bridgehead atoms. The third-order valence-electron chi connectivity index (χ3n) is 3.98. The molecule has 0 aliphatic carbocycles. The number of carbonyl (C=O) groups is 2. The lowest BCUT2D eigenvalue weighted by molar-refractivity contribution is -0.136. The van der Waals surface area contributed by atoms with Crippen molar-refractivity contribution in [3.8, 4) is 10.6 Å². The van der Waals surface area contributed by atoms with Gasteiger partial charge in [0, 0.05) is 29.5 Å². The van der Waals surface area contributed by atoms with Crippen molar-refractivity contribution in [3.05, 3.63) is 70.5 Å². The molecule has 0 radical (unpaired) electrons. The highest BCUT2D eigenvalue weighted by molar-refractivity contribution is 7.15. The predicted molar refractivity (Wildman–Crippen MR) is 104 cm³/mol. The number of anilines is 1. The largest absolute Gasteiger partial charge is 0.347 e. The number of amides is 2. The summed E-state index contributed by atoms with van der Waals surface area (Å²) in [4.78, 5) is 29.0. The molecule has 1 heterocycles. The van der Waals surface area contributed by atoms with Crippen LogP contribution < -0.4 is 10.6 Å². The molecule has 2 N–H and O–H groups in total. The normalized spacial score (nSPS) is 10.6. The number of rotatable bonds is 5. The Morgan fingerprint density at radius 1 is 1.03 bits per heavy atom. The van der Waals surface area contributed by atoms with Gasteiger partial charge < -0.3 is 10.6 Å². The van der Waals surface area contributed by atoms with Gasteiger partial charge in [0.2, 0.25) is 0 Å². The Morgan fingerprint density at radius 2 is 1.79 bits per heavy atom. The fourth-order valence-corrected chi connectivity index (χ4v) is 3.61. The summed E-state index contributed by atoms with van der Waals surface area (Å²) < 4.78 is 40.0. The van der Waals surface area contributed by atoms with E-state index in [1.807, 2.05) is 5.32 Å². The summed E-state index contributed by atoms with van der Waals surface area (Å²) in [5.41, 5.74) is 0.989. The Labute approximate surface area is 168 Å². The van der Waals surface area contributed by atoms with Gasteiger partial charge in [0.25, 0.3) is 0 Å². The number of hydrogen-bond acceptors (Lipinski definition) is 4. The Bertz CT molecular complexity index is 1070. The second kappa shape index (κ2) is 8.87. The van der Waals surface area contributed by atoms with Crippen LogP contribution in [-0.2, 0) is 16.0 Å². The van der Waals surface area contributed by atoms with Crippen LogP contribution in [-0.4, -0.2) is 23.3 Å². The summed E-state index contributed by atoms with van der Waals surface area (Å²) in [5.74, 6) is -4.02. The molecule has 29 heavy (non-hydrogen) atoms. The molecule has 0 aliphatic rings. The maximum absolute atomic E-state index is 13.5. The average molecular weight is 419 g/mol. The van der Waals surface area contributed by atoms with Crippen LogP contribution in [0.25, 0.3) is 10.6 Å². The molecule has 0 fully saturated rings. The minimum Gasteiger partial charge on any atom is -0.347 e. The van der Waals surface area contributed by atoms with Gasteiger partial charge in [-0.15, -0.1) is 11.3 Å². The van der Waals surface area contributed by atoms with E-state index in [2.05, 4.69) is 10.3 Å². The lowest BCUT2D eigenvalue weighted by atomic mass is 10.2. The van der Waals surface area contributed by atoms with Crippen molar-refractivity contribution >= 4 is 28.8 Å². The van der Waals surface area contributed by atoms with Crippen molar-refractivity contribution in [1.82, 2.24) is 10.3 Å². The lowest BCUT2D eigenvalue weighted by Gasteiger charge is -2.07. The van der Waals surface area contributed by atoms with Crippen molar-refractivity contribution in [2.75, 3.05) is 11.9 Å². The Morgan fingerprint density at radius 3 is 2.55 bits per heavy atom. The molecule has 1 aromatic heterocycles. The van der Waals surface area contributed by atoms with Crippen LogP contribution in [0.4, 0.5) is 18.9 Å². The van der Waals surface area contributed by atoms with E-state index in [9.17, 15) is 22.8 Å². The molecule has 0 saturated carbocycles. The quantitative estimate of drug-likeness (QED) is 0.618. The van der Waals surface area contributed by atoms with Gasteiger partial charge in [-0.2, -0.15) is 0 Å². The van der Waals surface area contributed by atoms with Gasteiger partial charge in [0.05, 0.1) is 11.4 Å². The van der Waals surface area contributed by atoms with E-state index in [4.69, 9.17) is 0 Å². The molecule has 0 saturated heterocycles.